The topological polar surface area (TPSA) is 24.5 Å². The molecular weight excluding hydrogens is 224 g/mol. The molecule has 0 aromatic heterocycles. The number of benzene rings is 1. The molecule has 1 aromatic rings. The zero-order chi connectivity index (χ0) is 13.2. The lowest BCUT2D eigenvalue weighted by Gasteiger charge is -2.35. The van der Waals surface area contributed by atoms with Gasteiger partial charge in [-0.15, -0.1) is 0 Å². The molecule has 1 saturated heterocycles. The zero-order valence-electron chi connectivity index (χ0n) is 11.9. The summed E-state index contributed by atoms with van der Waals surface area (Å²) in [5.74, 6) is 0.960. The molecule has 1 aliphatic heterocycles. The highest BCUT2D eigenvalue weighted by Gasteiger charge is 2.29. The summed E-state index contributed by atoms with van der Waals surface area (Å²) in [6, 6.07) is 8.76. The number of hydrogen-bond acceptors (Lipinski definition) is 3. The van der Waals surface area contributed by atoms with Gasteiger partial charge >= 0.3 is 0 Å². The highest BCUT2D eigenvalue weighted by molar-refractivity contribution is 5.59. The largest absolute Gasteiger partial charge is 0.495 e. The summed E-state index contributed by atoms with van der Waals surface area (Å²) < 4.78 is 5.49. The summed E-state index contributed by atoms with van der Waals surface area (Å²) in [5.41, 5.74) is 1.47. The minimum atomic E-state index is 0.269. The zero-order valence-corrected chi connectivity index (χ0v) is 11.9. The Balaban J connectivity index is 2.33. The number of rotatable bonds is 2. The van der Waals surface area contributed by atoms with Gasteiger partial charge in [0, 0.05) is 25.7 Å². The lowest BCUT2D eigenvalue weighted by atomic mass is 9.93. The molecular formula is C15H24N2O. The molecule has 1 fully saturated rings. The first-order chi connectivity index (χ1) is 8.53. The average Bonchev–Trinajstić information content (AvgIpc) is 2.48. The Labute approximate surface area is 110 Å². The normalized spacial score (nSPS) is 23.6. The van der Waals surface area contributed by atoms with E-state index in [0.29, 0.717) is 6.04 Å². The van der Waals surface area contributed by atoms with Gasteiger partial charge < -0.3 is 15.0 Å². The highest BCUT2D eigenvalue weighted by atomic mass is 16.5. The van der Waals surface area contributed by atoms with E-state index < -0.39 is 0 Å². The van der Waals surface area contributed by atoms with Crippen molar-refractivity contribution >= 4 is 5.69 Å². The number of ether oxygens (including phenoxy) is 1. The van der Waals surface area contributed by atoms with Crippen molar-refractivity contribution in [2.75, 3.05) is 31.6 Å². The molecule has 2 rings (SSSR count). The number of anilines is 1. The van der Waals surface area contributed by atoms with Crippen LogP contribution in [0.2, 0.25) is 0 Å². The Morgan fingerprint density at radius 1 is 1.33 bits per heavy atom. The van der Waals surface area contributed by atoms with Gasteiger partial charge in [0.25, 0.3) is 0 Å². The Morgan fingerprint density at radius 3 is 2.78 bits per heavy atom. The molecule has 1 aromatic carbocycles. The number of hydrogen-bond donors (Lipinski definition) is 1. The van der Waals surface area contributed by atoms with E-state index in [1.54, 1.807) is 7.11 Å². The first kappa shape index (κ1) is 13.2. The summed E-state index contributed by atoms with van der Waals surface area (Å²) in [6.07, 6.45) is 0. The molecule has 3 heteroatoms. The smallest absolute Gasteiger partial charge is 0.142 e. The predicted octanol–water partition coefficient (Wildman–Crippen LogP) is 2.52. The molecule has 0 radical (unpaired) electrons. The van der Waals surface area contributed by atoms with E-state index in [9.17, 15) is 0 Å². The van der Waals surface area contributed by atoms with Crippen molar-refractivity contribution in [3.63, 3.8) is 0 Å². The van der Waals surface area contributed by atoms with Crippen LogP contribution in [0.4, 0.5) is 5.69 Å². The molecule has 0 aliphatic carbocycles. The maximum Gasteiger partial charge on any atom is 0.142 e. The van der Waals surface area contributed by atoms with Gasteiger partial charge in [0.2, 0.25) is 0 Å². The Kier molecular flexibility index (Phi) is 3.81. The van der Waals surface area contributed by atoms with Gasteiger partial charge in [-0.3, -0.25) is 0 Å². The van der Waals surface area contributed by atoms with E-state index in [1.807, 2.05) is 12.1 Å². The quantitative estimate of drug-likeness (QED) is 0.870. The number of methoxy groups -OCH3 is 1. The molecule has 0 bridgehead atoms. The summed E-state index contributed by atoms with van der Waals surface area (Å²) >= 11 is 0. The predicted molar refractivity (Wildman–Crippen MR) is 76.5 cm³/mol. The molecule has 0 amide bonds. The fourth-order valence-electron chi connectivity index (χ4n) is 2.59. The third-order valence-electron chi connectivity index (χ3n) is 3.57. The molecule has 3 nitrogen and oxygen atoms in total. The number of para-hydroxylation sites is 2. The Bertz CT molecular complexity index is 403. The van der Waals surface area contributed by atoms with Crippen LogP contribution in [0.1, 0.15) is 20.8 Å². The molecule has 0 spiro atoms. The van der Waals surface area contributed by atoms with E-state index in [1.165, 1.54) is 5.69 Å². The Hall–Kier alpha value is -1.22. The van der Waals surface area contributed by atoms with Crippen LogP contribution >= 0.6 is 0 Å². The third kappa shape index (κ3) is 2.78. The molecule has 0 saturated carbocycles. The van der Waals surface area contributed by atoms with Crippen molar-refractivity contribution in [2.24, 2.45) is 5.41 Å². The van der Waals surface area contributed by atoms with Crippen LogP contribution in [-0.2, 0) is 0 Å². The molecule has 1 heterocycles. The van der Waals surface area contributed by atoms with Crippen molar-refractivity contribution in [1.29, 1.82) is 0 Å². The van der Waals surface area contributed by atoms with Crippen LogP contribution in [0, 0.1) is 5.41 Å². The van der Waals surface area contributed by atoms with Gasteiger partial charge in [-0.2, -0.15) is 0 Å². The molecule has 1 aliphatic rings. The molecule has 1 atom stereocenters. The summed E-state index contributed by atoms with van der Waals surface area (Å²) in [5, 5.41) is 3.54. The number of nitrogens with zero attached hydrogens (tertiary/aromatic N) is 1. The summed E-state index contributed by atoms with van der Waals surface area (Å²) in [6.45, 7) is 9.99. The van der Waals surface area contributed by atoms with Crippen molar-refractivity contribution in [2.45, 2.75) is 26.8 Å². The monoisotopic (exact) mass is 248 g/mol. The molecule has 100 valence electrons. The van der Waals surface area contributed by atoms with E-state index in [4.69, 9.17) is 4.74 Å². The lowest BCUT2D eigenvalue weighted by molar-refractivity contribution is 0.366. The van der Waals surface area contributed by atoms with Crippen LogP contribution in [0.25, 0.3) is 0 Å². The van der Waals surface area contributed by atoms with Crippen molar-refractivity contribution in [1.82, 2.24) is 5.32 Å². The van der Waals surface area contributed by atoms with Crippen LogP contribution in [-0.4, -0.2) is 32.8 Å². The van der Waals surface area contributed by atoms with Gasteiger partial charge in [0.15, 0.2) is 0 Å². The van der Waals surface area contributed by atoms with Crippen LogP contribution in [0.5, 0.6) is 5.75 Å². The fraction of sp³-hybridized carbons (Fsp3) is 0.600. The minimum absolute atomic E-state index is 0.269. The Morgan fingerprint density at radius 2 is 2.06 bits per heavy atom. The van der Waals surface area contributed by atoms with Crippen LogP contribution < -0.4 is 15.0 Å². The molecule has 1 N–H and O–H groups in total. The van der Waals surface area contributed by atoms with E-state index in [-0.39, 0.29) is 5.41 Å². The SMILES string of the molecule is COc1ccccc1N1CC(C)(C)CNCC1C. The van der Waals surface area contributed by atoms with Gasteiger partial charge in [-0.05, 0) is 24.5 Å². The maximum absolute atomic E-state index is 5.49. The minimum Gasteiger partial charge on any atom is -0.495 e. The van der Waals surface area contributed by atoms with Gasteiger partial charge in [0.1, 0.15) is 5.75 Å². The first-order valence-electron chi connectivity index (χ1n) is 6.64. The standard InChI is InChI=1S/C15H24N2O/c1-12-9-16-10-15(2,3)11-17(12)13-7-5-6-8-14(13)18-4/h5-8,12,16H,9-11H2,1-4H3. The second kappa shape index (κ2) is 5.19. The molecule has 18 heavy (non-hydrogen) atoms. The van der Waals surface area contributed by atoms with Gasteiger partial charge in [-0.25, -0.2) is 0 Å². The average molecular weight is 248 g/mol. The van der Waals surface area contributed by atoms with Crippen LogP contribution in [0.15, 0.2) is 24.3 Å². The van der Waals surface area contributed by atoms with Gasteiger partial charge in [-0.1, -0.05) is 26.0 Å². The molecule has 1 unspecified atom stereocenters. The third-order valence-corrected chi connectivity index (χ3v) is 3.57. The second-order valence-corrected chi connectivity index (χ2v) is 5.94. The van der Waals surface area contributed by atoms with Crippen molar-refractivity contribution < 1.29 is 4.74 Å². The van der Waals surface area contributed by atoms with Crippen molar-refractivity contribution in [3.05, 3.63) is 24.3 Å². The lowest BCUT2D eigenvalue weighted by Crippen LogP contribution is -2.40. The highest BCUT2D eigenvalue weighted by Crippen LogP contribution is 2.32. The van der Waals surface area contributed by atoms with E-state index >= 15 is 0 Å². The van der Waals surface area contributed by atoms with E-state index in [0.717, 1.165) is 25.4 Å². The summed E-state index contributed by atoms with van der Waals surface area (Å²) in [7, 11) is 1.74. The first-order valence-corrected chi connectivity index (χ1v) is 6.64. The van der Waals surface area contributed by atoms with Crippen LogP contribution in [0.3, 0.4) is 0 Å². The van der Waals surface area contributed by atoms with Gasteiger partial charge in [0.05, 0.1) is 12.8 Å². The summed E-state index contributed by atoms with van der Waals surface area (Å²) in [4.78, 5) is 2.46. The maximum atomic E-state index is 5.49. The van der Waals surface area contributed by atoms with E-state index in [2.05, 4.69) is 43.1 Å². The van der Waals surface area contributed by atoms with Crippen molar-refractivity contribution in [3.8, 4) is 5.75 Å². The second-order valence-electron chi connectivity index (χ2n) is 5.94. The fourth-order valence-corrected chi connectivity index (χ4v) is 2.59. The number of nitrogens with one attached hydrogen (secondary N) is 1.